The van der Waals surface area contributed by atoms with Gasteiger partial charge < -0.3 is 9.47 Å². The second-order valence-corrected chi connectivity index (χ2v) is 11.1. The topological polar surface area (TPSA) is 59.1 Å². The Hall–Kier alpha value is -1.29. The molecule has 6 nitrogen and oxygen atoms in total. The van der Waals surface area contributed by atoms with Crippen LogP contribution in [0.3, 0.4) is 0 Å². The molecule has 9 heteroatoms. The van der Waals surface area contributed by atoms with E-state index >= 15 is 0 Å². The Balaban J connectivity index is 1.20. The van der Waals surface area contributed by atoms with E-state index in [0.717, 1.165) is 38.8 Å². The van der Waals surface area contributed by atoms with E-state index in [1.54, 1.807) is 4.31 Å². The molecular weight excluding hydrogens is 414 g/mol. The summed E-state index contributed by atoms with van der Waals surface area (Å²) in [6, 6.07) is 6.42. The molecule has 0 N–H and O–H groups in total. The first-order valence-electron chi connectivity index (χ1n) is 10.8. The van der Waals surface area contributed by atoms with Gasteiger partial charge in [0, 0.05) is 31.7 Å². The van der Waals surface area contributed by atoms with Gasteiger partial charge in [0.15, 0.2) is 0 Å². The summed E-state index contributed by atoms with van der Waals surface area (Å²) in [4.78, 5) is 2.77. The van der Waals surface area contributed by atoms with Crippen LogP contribution in [-0.4, -0.2) is 68.7 Å². The van der Waals surface area contributed by atoms with E-state index in [2.05, 4.69) is 9.64 Å². The van der Waals surface area contributed by atoms with Gasteiger partial charge in [-0.05, 0) is 68.2 Å². The number of morpholine rings is 1. The fraction of sp³-hybridized carbons (Fsp3) is 0.714. The maximum absolute atomic E-state index is 13.0. The highest BCUT2D eigenvalue weighted by Gasteiger charge is 2.49. The lowest BCUT2D eigenvalue weighted by Crippen LogP contribution is -2.45. The first kappa shape index (κ1) is 20.6. The number of benzene rings is 1. The number of fused-ring (bicyclic) bond motifs is 2. The van der Waals surface area contributed by atoms with Crippen LogP contribution < -0.4 is 4.74 Å². The van der Waals surface area contributed by atoms with Gasteiger partial charge in [0.05, 0.1) is 17.6 Å². The summed E-state index contributed by atoms with van der Waals surface area (Å²) >= 11 is 0. The Morgan fingerprint density at radius 2 is 1.83 bits per heavy atom. The fourth-order valence-corrected chi connectivity index (χ4v) is 7.37. The molecule has 3 aliphatic heterocycles. The predicted molar refractivity (Wildman–Crippen MR) is 106 cm³/mol. The molecule has 166 valence electrons. The summed E-state index contributed by atoms with van der Waals surface area (Å²) in [6.07, 6.45) is 6.86. The number of hydrogen-bond acceptors (Lipinski definition) is 5. The number of likely N-dealkylation sites (tertiary alicyclic amines) is 1. The highest BCUT2D eigenvalue weighted by Crippen LogP contribution is 2.50. The van der Waals surface area contributed by atoms with Gasteiger partial charge in [-0.2, -0.15) is 13.1 Å². The van der Waals surface area contributed by atoms with Crippen LogP contribution in [0.15, 0.2) is 29.2 Å². The van der Waals surface area contributed by atoms with E-state index in [0.29, 0.717) is 31.3 Å². The van der Waals surface area contributed by atoms with Gasteiger partial charge in [-0.25, -0.2) is 8.42 Å². The maximum atomic E-state index is 13.0. The minimum atomic E-state index is -3.63. The number of piperidine rings is 1. The Labute approximate surface area is 176 Å². The lowest BCUT2D eigenvalue weighted by Gasteiger charge is -2.40. The molecule has 1 aromatic carbocycles. The first-order valence-corrected chi connectivity index (χ1v) is 12.2. The molecule has 1 aromatic rings. The fourth-order valence-electron chi connectivity index (χ4n) is 5.93. The van der Waals surface area contributed by atoms with Crippen LogP contribution in [0.1, 0.15) is 38.5 Å². The van der Waals surface area contributed by atoms with Gasteiger partial charge in [0.25, 0.3) is 0 Å². The van der Waals surface area contributed by atoms with E-state index < -0.39 is 16.6 Å². The Kier molecular flexibility index (Phi) is 5.28. The second-order valence-electron chi connectivity index (χ2n) is 9.19. The molecule has 30 heavy (non-hydrogen) atoms. The first-order chi connectivity index (χ1) is 14.3. The second kappa shape index (κ2) is 7.69. The molecule has 4 fully saturated rings. The lowest BCUT2D eigenvalue weighted by molar-refractivity contribution is -0.0498. The normalized spacial score (nSPS) is 31.8. The molecule has 1 spiro atoms. The largest absolute Gasteiger partial charge is 0.435 e. The predicted octanol–water partition coefficient (Wildman–Crippen LogP) is 3.08. The van der Waals surface area contributed by atoms with Crippen molar-refractivity contribution in [3.8, 4) is 5.75 Å². The van der Waals surface area contributed by atoms with Crippen molar-refractivity contribution in [3.05, 3.63) is 24.3 Å². The highest BCUT2D eigenvalue weighted by molar-refractivity contribution is 7.89. The van der Waals surface area contributed by atoms with Gasteiger partial charge in [-0.15, -0.1) is 0 Å². The molecule has 1 unspecified atom stereocenters. The summed E-state index contributed by atoms with van der Waals surface area (Å²) in [6.45, 7) is 0.0154. The number of hydrogen-bond donors (Lipinski definition) is 0. The van der Waals surface area contributed by atoms with Gasteiger partial charge in [-0.3, -0.25) is 4.90 Å². The molecule has 0 amide bonds. The molecule has 1 saturated carbocycles. The van der Waals surface area contributed by atoms with Crippen molar-refractivity contribution in [2.24, 2.45) is 5.41 Å². The van der Waals surface area contributed by atoms with Crippen LogP contribution in [0.4, 0.5) is 8.78 Å². The van der Waals surface area contributed by atoms with Crippen molar-refractivity contribution in [2.75, 3.05) is 26.2 Å². The van der Waals surface area contributed by atoms with Crippen molar-refractivity contribution in [1.82, 2.24) is 9.21 Å². The number of halogens is 2. The van der Waals surface area contributed by atoms with Crippen LogP contribution in [-0.2, 0) is 14.8 Å². The third kappa shape index (κ3) is 3.74. The molecule has 2 bridgehead atoms. The standard InChI is InChI=1S/C21H28F2N2O4S/c22-20(23)29-17-1-3-19(4-2-17)30(26,27)24-9-7-21(8-10-24)6-5-15(12-21)25-13-18-11-16(25)14-28-18/h1-4,15-16,18,20H,5-14H2/t15?,16-,18-/m0/s1. The Morgan fingerprint density at radius 3 is 2.43 bits per heavy atom. The summed E-state index contributed by atoms with van der Waals surface area (Å²) in [5.74, 6) is -0.0421. The zero-order chi connectivity index (χ0) is 20.9. The van der Waals surface area contributed by atoms with E-state index in [9.17, 15) is 17.2 Å². The van der Waals surface area contributed by atoms with Crippen LogP contribution in [0.5, 0.6) is 5.75 Å². The smallest absolute Gasteiger partial charge is 0.387 e. The van der Waals surface area contributed by atoms with Gasteiger partial charge in [-0.1, -0.05) is 0 Å². The van der Waals surface area contributed by atoms with Crippen molar-refractivity contribution in [2.45, 2.75) is 68.2 Å². The minimum Gasteiger partial charge on any atom is -0.435 e. The van der Waals surface area contributed by atoms with Crippen molar-refractivity contribution in [3.63, 3.8) is 0 Å². The number of alkyl halides is 2. The van der Waals surface area contributed by atoms with Crippen molar-refractivity contribution in [1.29, 1.82) is 0 Å². The lowest BCUT2D eigenvalue weighted by atomic mass is 9.77. The van der Waals surface area contributed by atoms with E-state index in [-0.39, 0.29) is 16.1 Å². The van der Waals surface area contributed by atoms with E-state index in [1.165, 1.54) is 37.1 Å². The summed E-state index contributed by atoms with van der Waals surface area (Å²) in [5.41, 5.74) is 0.244. The molecule has 0 radical (unpaired) electrons. The monoisotopic (exact) mass is 442 g/mol. The molecule has 1 aliphatic carbocycles. The summed E-state index contributed by atoms with van der Waals surface area (Å²) < 4.78 is 62.2. The Bertz CT molecular complexity index is 871. The minimum absolute atomic E-state index is 0.0421. The van der Waals surface area contributed by atoms with Crippen LogP contribution in [0.25, 0.3) is 0 Å². The van der Waals surface area contributed by atoms with Crippen LogP contribution in [0.2, 0.25) is 0 Å². The number of ether oxygens (including phenoxy) is 2. The van der Waals surface area contributed by atoms with Gasteiger partial charge in [0.1, 0.15) is 5.75 Å². The molecule has 3 saturated heterocycles. The van der Waals surface area contributed by atoms with E-state index in [1.807, 2.05) is 0 Å². The average Bonchev–Trinajstić information content (AvgIpc) is 3.44. The Morgan fingerprint density at radius 1 is 1.10 bits per heavy atom. The zero-order valence-electron chi connectivity index (χ0n) is 16.9. The number of rotatable bonds is 5. The van der Waals surface area contributed by atoms with Crippen molar-refractivity contribution < 1.29 is 26.7 Å². The summed E-state index contributed by atoms with van der Waals surface area (Å²) in [5, 5.41) is 0. The zero-order valence-corrected chi connectivity index (χ0v) is 17.7. The maximum Gasteiger partial charge on any atom is 0.387 e. The molecule has 3 heterocycles. The average molecular weight is 443 g/mol. The molecule has 4 aliphatic rings. The third-order valence-corrected chi connectivity index (χ3v) is 9.47. The number of nitrogens with zero attached hydrogens (tertiary/aromatic N) is 2. The number of sulfonamides is 1. The quantitative estimate of drug-likeness (QED) is 0.702. The molecule has 0 aromatic heterocycles. The van der Waals surface area contributed by atoms with Gasteiger partial charge in [0.2, 0.25) is 10.0 Å². The molecular formula is C21H28F2N2O4S. The van der Waals surface area contributed by atoms with Crippen LogP contribution in [0, 0.1) is 5.41 Å². The molecule has 3 atom stereocenters. The third-order valence-electron chi connectivity index (χ3n) is 7.56. The highest BCUT2D eigenvalue weighted by atomic mass is 32.2. The van der Waals surface area contributed by atoms with Gasteiger partial charge >= 0.3 is 6.61 Å². The SMILES string of the molecule is O=S(=O)(c1ccc(OC(F)F)cc1)N1CCC2(CCC(N3C[C@@H]4C[C@H]3CO4)C2)CC1. The van der Waals surface area contributed by atoms with E-state index in [4.69, 9.17) is 4.74 Å². The summed E-state index contributed by atoms with van der Waals surface area (Å²) in [7, 11) is -3.63. The van der Waals surface area contributed by atoms with Crippen molar-refractivity contribution >= 4 is 10.0 Å². The van der Waals surface area contributed by atoms with Crippen LogP contribution >= 0.6 is 0 Å². The molecule has 5 rings (SSSR count).